The molecule has 6 nitrogen and oxygen atoms in total. The van der Waals surface area contributed by atoms with E-state index in [2.05, 4.69) is 0 Å². The molecule has 170 valence electrons. The maximum absolute atomic E-state index is 13.2. The first kappa shape index (κ1) is 23.0. The average Bonchev–Trinajstić information content (AvgIpc) is 3.25. The Labute approximate surface area is 188 Å². The summed E-state index contributed by atoms with van der Waals surface area (Å²) in [4.78, 5) is 2.10. The fourth-order valence-corrected chi connectivity index (χ4v) is 4.91. The van der Waals surface area contributed by atoms with Crippen LogP contribution in [0, 0.1) is 12.7 Å². The Morgan fingerprint density at radius 3 is 2.41 bits per heavy atom. The molecule has 4 rings (SSSR count). The number of rotatable bonds is 5. The molecule has 2 aromatic carbocycles. The number of aliphatic hydroxyl groups is 5. The lowest BCUT2D eigenvalue weighted by atomic mass is 9.88. The van der Waals surface area contributed by atoms with Gasteiger partial charge in [-0.3, -0.25) is 0 Å². The Bertz CT molecular complexity index is 1080. The van der Waals surface area contributed by atoms with Gasteiger partial charge in [0.25, 0.3) is 0 Å². The van der Waals surface area contributed by atoms with Gasteiger partial charge in [0, 0.05) is 16.2 Å². The zero-order valence-corrected chi connectivity index (χ0v) is 18.2. The van der Waals surface area contributed by atoms with Crippen LogP contribution in [0.4, 0.5) is 4.39 Å². The smallest absolute Gasteiger partial charge is 0.219 e. The molecule has 32 heavy (non-hydrogen) atoms. The molecule has 2 heterocycles. The molecule has 1 aliphatic rings. The maximum atomic E-state index is 13.2. The fourth-order valence-electron chi connectivity index (χ4n) is 3.88. The van der Waals surface area contributed by atoms with Crippen LogP contribution in [0.1, 0.15) is 27.7 Å². The highest BCUT2D eigenvalue weighted by Crippen LogP contribution is 2.38. The lowest BCUT2D eigenvalue weighted by Crippen LogP contribution is -2.63. The molecular formula is C24H25FO6S. The summed E-state index contributed by atoms with van der Waals surface area (Å²) < 4.78 is 18.6. The largest absolute Gasteiger partial charge is 0.391 e. The van der Waals surface area contributed by atoms with E-state index in [9.17, 15) is 29.9 Å². The van der Waals surface area contributed by atoms with Crippen LogP contribution in [0.25, 0.3) is 10.4 Å². The molecule has 1 aliphatic heterocycles. The summed E-state index contributed by atoms with van der Waals surface area (Å²) in [5.74, 6) is -2.66. The van der Waals surface area contributed by atoms with Crippen molar-refractivity contribution in [3.8, 4) is 10.4 Å². The first-order chi connectivity index (χ1) is 15.2. The molecule has 0 aliphatic carbocycles. The third-order valence-corrected chi connectivity index (χ3v) is 6.99. The van der Waals surface area contributed by atoms with Gasteiger partial charge in [-0.25, -0.2) is 4.39 Å². The summed E-state index contributed by atoms with van der Waals surface area (Å²) in [7, 11) is 0. The average molecular weight is 461 g/mol. The summed E-state index contributed by atoms with van der Waals surface area (Å²) in [5.41, 5.74) is 3.40. The summed E-state index contributed by atoms with van der Waals surface area (Å²) in [6, 6.07) is 15.7. The monoisotopic (exact) mass is 460 g/mol. The third-order valence-electron chi connectivity index (χ3n) is 5.86. The minimum atomic E-state index is -2.38. The van der Waals surface area contributed by atoms with Crippen LogP contribution in [-0.2, 0) is 11.2 Å². The molecule has 1 saturated heterocycles. The number of thiophene rings is 1. The molecule has 1 unspecified atom stereocenters. The molecule has 0 radical (unpaired) electrons. The van der Waals surface area contributed by atoms with Crippen molar-refractivity contribution < 1.29 is 34.7 Å². The predicted octanol–water partition coefficient (Wildman–Crippen LogP) is 2.29. The fraction of sp³-hybridized carbons (Fsp3) is 0.333. The van der Waals surface area contributed by atoms with Crippen molar-refractivity contribution in [2.75, 3.05) is 6.61 Å². The molecule has 0 spiro atoms. The minimum Gasteiger partial charge on any atom is -0.391 e. The summed E-state index contributed by atoms with van der Waals surface area (Å²) in [6.07, 6.45) is -5.56. The molecule has 8 heteroatoms. The molecule has 5 atom stereocenters. The van der Waals surface area contributed by atoms with Gasteiger partial charge in [-0.1, -0.05) is 30.3 Å². The van der Waals surface area contributed by atoms with E-state index in [1.54, 1.807) is 29.5 Å². The van der Waals surface area contributed by atoms with Gasteiger partial charge in [0.05, 0.1) is 6.61 Å². The highest BCUT2D eigenvalue weighted by Gasteiger charge is 2.52. The Balaban J connectivity index is 1.59. The quantitative estimate of drug-likeness (QED) is 0.400. The Hall–Kier alpha value is -2.17. The highest BCUT2D eigenvalue weighted by molar-refractivity contribution is 7.15. The lowest BCUT2D eigenvalue weighted by molar-refractivity contribution is -0.357. The van der Waals surface area contributed by atoms with Crippen LogP contribution < -0.4 is 0 Å². The molecule has 1 aromatic heterocycles. The summed E-state index contributed by atoms with van der Waals surface area (Å²) in [5, 5.41) is 50.4. The van der Waals surface area contributed by atoms with Crippen LogP contribution >= 0.6 is 11.3 Å². The number of benzene rings is 2. The topological polar surface area (TPSA) is 110 Å². The number of halogens is 1. The molecule has 0 amide bonds. The van der Waals surface area contributed by atoms with Crippen molar-refractivity contribution in [1.29, 1.82) is 0 Å². The van der Waals surface area contributed by atoms with Gasteiger partial charge in [-0.15, -0.1) is 11.3 Å². The van der Waals surface area contributed by atoms with Crippen molar-refractivity contribution in [3.05, 3.63) is 82.0 Å². The SMILES string of the molecule is Cc1ccc([C@@H]2OC(O)(CO)[C@@H](O)[C@H](O)[C@H]2O)cc1Cc1ccc(-c2ccc(F)cc2)s1. The van der Waals surface area contributed by atoms with E-state index in [4.69, 9.17) is 4.74 Å². The van der Waals surface area contributed by atoms with Crippen LogP contribution in [0.5, 0.6) is 0 Å². The van der Waals surface area contributed by atoms with E-state index in [0.29, 0.717) is 12.0 Å². The van der Waals surface area contributed by atoms with Gasteiger partial charge in [0.2, 0.25) is 5.79 Å². The first-order valence-corrected chi connectivity index (χ1v) is 11.0. The predicted molar refractivity (Wildman–Crippen MR) is 118 cm³/mol. The second-order valence-electron chi connectivity index (χ2n) is 8.10. The molecular weight excluding hydrogens is 435 g/mol. The van der Waals surface area contributed by atoms with Gasteiger partial charge >= 0.3 is 0 Å². The molecule has 0 bridgehead atoms. The molecule has 3 aromatic rings. The van der Waals surface area contributed by atoms with E-state index in [1.165, 1.54) is 12.1 Å². The van der Waals surface area contributed by atoms with Gasteiger partial charge in [-0.2, -0.15) is 0 Å². The number of ether oxygens (including phenoxy) is 1. The first-order valence-electron chi connectivity index (χ1n) is 10.2. The zero-order chi connectivity index (χ0) is 23.0. The number of hydrogen-bond acceptors (Lipinski definition) is 7. The van der Waals surface area contributed by atoms with Gasteiger partial charge < -0.3 is 30.3 Å². The van der Waals surface area contributed by atoms with E-state index < -0.39 is 36.8 Å². The maximum Gasteiger partial charge on any atom is 0.219 e. The third kappa shape index (κ3) is 4.35. The second kappa shape index (κ2) is 8.99. The summed E-state index contributed by atoms with van der Waals surface area (Å²) in [6.45, 7) is 1.02. The van der Waals surface area contributed by atoms with Gasteiger partial charge in [-0.05, 0) is 53.4 Å². The van der Waals surface area contributed by atoms with Crippen LogP contribution in [-0.4, -0.2) is 56.2 Å². The number of aryl methyl sites for hydroxylation is 1. The zero-order valence-electron chi connectivity index (χ0n) is 17.4. The molecule has 0 saturated carbocycles. The Morgan fingerprint density at radius 2 is 1.72 bits per heavy atom. The summed E-state index contributed by atoms with van der Waals surface area (Å²) >= 11 is 1.59. The van der Waals surface area contributed by atoms with Crippen LogP contribution in [0.15, 0.2) is 54.6 Å². The van der Waals surface area contributed by atoms with Gasteiger partial charge in [0.1, 0.15) is 30.2 Å². The molecule has 5 N–H and O–H groups in total. The van der Waals surface area contributed by atoms with E-state index in [0.717, 1.165) is 26.4 Å². The van der Waals surface area contributed by atoms with Crippen molar-refractivity contribution in [1.82, 2.24) is 0 Å². The normalized spacial score (nSPS) is 28.1. The van der Waals surface area contributed by atoms with Crippen molar-refractivity contribution in [2.45, 2.75) is 43.5 Å². The Kier molecular flexibility index (Phi) is 6.46. The second-order valence-corrected chi connectivity index (χ2v) is 9.27. The highest BCUT2D eigenvalue weighted by atomic mass is 32.1. The standard InChI is InChI=1S/C24H25FO6S/c1-13-2-3-15(22-20(27)21(28)23(29)24(30,12-26)31-22)10-16(13)11-18-8-9-19(32-18)14-4-6-17(25)7-5-14/h2-10,20-23,26-30H,11-12H2,1H3/t20-,21-,22+,23+,24?/m1/s1. The van der Waals surface area contributed by atoms with Crippen LogP contribution in [0.3, 0.4) is 0 Å². The van der Waals surface area contributed by atoms with Crippen LogP contribution in [0.2, 0.25) is 0 Å². The number of aliphatic hydroxyl groups excluding tert-OH is 4. The van der Waals surface area contributed by atoms with Crippen molar-refractivity contribution in [2.24, 2.45) is 0 Å². The van der Waals surface area contributed by atoms with Gasteiger partial charge in [0.15, 0.2) is 0 Å². The number of hydrogen-bond donors (Lipinski definition) is 5. The van der Waals surface area contributed by atoms with E-state index in [1.807, 2.05) is 31.2 Å². The van der Waals surface area contributed by atoms with Crippen molar-refractivity contribution in [3.63, 3.8) is 0 Å². The lowest BCUT2D eigenvalue weighted by Gasteiger charge is -2.45. The van der Waals surface area contributed by atoms with E-state index in [-0.39, 0.29) is 5.82 Å². The minimum absolute atomic E-state index is 0.282. The van der Waals surface area contributed by atoms with Crippen molar-refractivity contribution >= 4 is 11.3 Å². The molecule has 1 fully saturated rings. The van der Waals surface area contributed by atoms with E-state index >= 15 is 0 Å². The Morgan fingerprint density at radius 1 is 1.00 bits per heavy atom.